The Morgan fingerprint density at radius 3 is 3.07 bits per heavy atom. The SMILES string of the molecule is Cn1cc(C(CN)Sc2nncs2)cn1. The van der Waals surface area contributed by atoms with Crippen molar-refractivity contribution in [3.63, 3.8) is 0 Å². The van der Waals surface area contributed by atoms with Crippen LogP contribution in [-0.2, 0) is 7.05 Å². The fraction of sp³-hybridized carbons (Fsp3) is 0.375. The van der Waals surface area contributed by atoms with Gasteiger partial charge < -0.3 is 5.73 Å². The standard InChI is InChI=1S/C8H11N5S2/c1-13-4-6(3-11-13)7(2-9)15-8-12-10-5-14-8/h3-5,7H,2,9H2,1H3. The minimum Gasteiger partial charge on any atom is -0.329 e. The zero-order chi connectivity index (χ0) is 10.7. The summed E-state index contributed by atoms with van der Waals surface area (Å²) in [6, 6.07) is 0. The Morgan fingerprint density at radius 1 is 1.67 bits per heavy atom. The van der Waals surface area contributed by atoms with Gasteiger partial charge in [0.2, 0.25) is 0 Å². The van der Waals surface area contributed by atoms with Crippen molar-refractivity contribution in [2.75, 3.05) is 6.54 Å². The van der Waals surface area contributed by atoms with Crippen molar-refractivity contribution in [2.45, 2.75) is 9.59 Å². The van der Waals surface area contributed by atoms with Gasteiger partial charge in [-0.3, -0.25) is 4.68 Å². The Kier molecular flexibility index (Phi) is 3.34. The third-order valence-corrected chi connectivity index (χ3v) is 3.99. The van der Waals surface area contributed by atoms with Gasteiger partial charge in [-0.15, -0.1) is 10.2 Å². The molecule has 2 rings (SSSR count). The minimum absolute atomic E-state index is 0.201. The lowest BCUT2D eigenvalue weighted by atomic mass is 10.2. The van der Waals surface area contributed by atoms with Crippen molar-refractivity contribution in [2.24, 2.45) is 12.8 Å². The van der Waals surface area contributed by atoms with E-state index in [0.29, 0.717) is 6.54 Å². The van der Waals surface area contributed by atoms with E-state index in [9.17, 15) is 0 Å². The molecule has 80 valence electrons. The van der Waals surface area contributed by atoms with E-state index in [-0.39, 0.29) is 5.25 Å². The molecule has 0 fully saturated rings. The van der Waals surface area contributed by atoms with Crippen molar-refractivity contribution < 1.29 is 0 Å². The molecular formula is C8H11N5S2. The molecule has 2 aromatic rings. The zero-order valence-electron chi connectivity index (χ0n) is 8.20. The maximum Gasteiger partial charge on any atom is 0.174 e. The van der Waals surface area contributed by atoms with Gasteiger partial charge in [0.15, 0.2) is 4.34 Å². The Balaban J connectivity index is 2.11. The molecule has 0 aliphatic rings. The van der Waals surface area contributed by atoms with Crippen LogP contribution < -0.4 is 5.73 Å². The number of thioether (sulfide) groups is 1. The van der Waals surface area contributed by atoms with E-state index < -0.39 is 0 Å². The second-order valence-electron chi connectivity index (χ2n) is 2.99. The quantitative estimate of drug-likeness (QED) is 0.811. The monoisotopic (exact) mass is 241 g/mol. The van der Waals surface area contributed by atoms with Gasteiger partial charge >= 0.3 is 0 Å². The highest BCUT2D eigenvalue weighted by molar-refractivity contribution is 8.01. The van der Waals surface area contributed by atoms with Crippen molar-refractivity contribution in [1.82, 2.24) is 20.0 Å². The lowest BCUT2D eigenvalue weighted by molar-refractivity contribution is 0.766. The molecule has 2 heterocycles. The van der Waals surface area contributed by atoms with Crippen LogP contribution in [0.3, 0.4) is 0 Å². The molecule has 0 spiro atoms. The molecule has 0 bridgehead atoms. The smallest absolute Gasteiger partial charge is 0.174 e. The largest absolute Gasteiger partial charge is 0.329 e. The molecule has 7 heteroatoms. The van der Waals surface area contributed by atoms with Crippen LogP contribution in [0.5, 0.6) is 0 Å². The molecule has 1 unspecified atom stereocenters. The first-order valence-corrected chi connectivity index (χ1v) is 6.17. The van der Waals surface area contributed by atoms with Gasteiger partial charge in [-0.25, -0.2) is 0 Å². The van der Waals surface area contributed by atoms with Gasteiger partial charge in [0.25, 0.3) is 0 Å². The van der Waals surface area contributed by atoms with E-state index in [2.05, 4.69) is 15.3 Å². The molecule has 2 aromatic heterocycles. The topological polar surface area (TPSA) is 69.6 Å². The molecule has 0 amide bonds. The molecule has 0 aliphatic heterocycles. The minimum atomic E-state index is 0.201. The van der Waals surface area contributed by atoms with Crippen molar-refractivity contribution >= 4 is 23.1 Å². The maximum atomic E-state index is 5.73. The lowest BCUT2D eigenvalue weighted by Crippen LogP contribution is -2.08. The average molecular weight is 241 g/mol. The molecule has 1 atom stereocenters. The maximum absolute atomic E-state index is 5.73. The van der Waals surface area contributed by atoms with Crippen molar-refractivity contribution in [3.05, 3.63) is 23.5 Å². The number of hydrogen-bond acceptors (Lipinski definition) is 6. The fourth-order valence-corrected chi connectivity index (χ4v) is 2.86. The van der Waals surface area contributed by atoms with Gasteiger partial charge in [0.05, 0.1) is 11.4 Å². The Hall–Kier alpha value is -0.920. The summed E-state index contributed by atoms with van der Waals surface area (Å²) >= 11 is 3.15. The molecule has 0 saturated heterocycles. The summed E-state index contributed by atoms with van der Waals surface area (Å²) < 4.78 is 2.72. The summed E-state index contributed by atoms with van der Waals surface area (Å²) in [5.74, 6) is 0. The number of rotatable bonds is 4. The second-order valence-corrected chi connectivity index (χ2v) is 5.28. The third-order valence-electron chi connectivity index (χ3n) is 1.89. The zero-order valence-corrected chi connectivity index (χ0v) is 9.83. The van der Waals surface area contributed by atoms with Crippen LogP contribution in [0, 0.1) is 0 Å². The average Bonchev–Trinajstić information content (AvgIpc) is 2.85. The van der Waals surface area contributed by atoms with Crippen molar-refractivity contribution in [3.8, 4) is 0 Å². The van der Waals surface area contributed by atoms with E-state index in [1.165, 1.54) is 11.3 Å². The predicted molar refractivity (Wildman–Crippen MR) is 60.8 cm³/mol. The van der Waals surface area contributed by atoms with Crippen LogP contribution in [-0.4, -0.2) is 26.5 Å². The molecule has 2 N–H and O–H groups in total. The van der Waals surface area contributed by atoms with E-state index in [4.69, 9.17) is 5.73 Å². The van der Waals surface area contributed by atoms with Gasteiger partial charge in [0.1, 0.15) is 5.51 Å². The molecule has 5 nitrogen and oxygen atoms in total. The van der Waals surface area contributed by atoms with Crippen LogP contribution in [0.25, 0.3) is 0 Å². The Bertz CT molecular complexity index is 410. The summed E-state index contributed by atoms with van der Waals surface area (Å²) in [5, 5.41) is 12.1. The number of aromatic nitrogens is 4. The van der Waals surface area contributed by atoms with E-state index >= 15 is 0 Å². The number of hydrogen-bond donors (Lipinski definition) is 1. The third kappa shape index (κ3) is 2.55. The van der Waals surface area contributed by atoms with E-state index in [1.807, 2.05) is 19.4 Å². The normalized spacial score (nSPS) is 12.9. The molecule has 0 radical (unpaired) electrons. The Morgan fingerprint density at radius 2 is 2.53 bits per heavy atom. The molecule has 0 saturated carbocycles. The molecule has 0 aliphatic carbocycles. The fourth-order valence-electron chi connectivity index (χ4n) is 1.19. The summed E-state index contributed by atoms with van der Waals surface area (Å²) in [6.45, 7) is 0.565. The first kappa shape index (κ1) is 10.6. The second kappa shape index (κ2) is 4.73. The molecular weight excluding hydrogens is 230 g/mol. The van der Waals surface area contributed by atoms with Gasteiger partial charge in [-0.1, -0.05) is 23.1 Å². The first-order valence-electron chi connectivity index (χ1n) is 4.41. The highest BCUT2D eigenvalue weighted by Gasteiger charge is 2.14. The van der Waals surface area contributed by atoms with Gasteiger partial charge in [0, 0.05) is 25.4 Å². The lowest BCUT2D eigenvalue weighted by Gasteiger charge is -2.09. The van der Waals surface area contributed by atoms with Crippen LogP contribution in [0.2, 0.25) is 0 Å². The van der Waals surface area contributed by atoms with Crippen molar-refractivity contribution in [1.29, 1.82) is 0 Å². The predicted octanol–water partition coefficient (Wildman–Crippen LogP) is 1.06. The molecule has 15 heavy (non-hydrogen) atoms. The summed E-state index contributed by atoms with van der Waals surface area (Å²) in [7, 11) is 1.90. The highest BCUT2D eigenvalue weighted by Crippen LogP contribution is 2.34. The van der Waals surface area contributed by atoms with Gasteiger partial charge in [-0.05, 0) is 0 Å². The summed E-state index contributed by atoms with van der Waals surface area (Å²) in [6.07, 6.45) is 3.82. The molecule has 0 aromatic carbocycles. The Labute approximate surface area is 95.7 Å². The van der Waals surface area contributed by atoms with Crippen LogP contribution in [0.4, 0.5) is 0 Å². The number of nitrogens with two attached hydrogens (primary N) is 1. The summed E-state index contributed by atoms with van der Waals surface area (Å²) in [5.41, 5.74) is 8.58. The van der Waals surface area contributed by atoms with Crippen LogP contribution in [0.15, 0.2) is 22.2 Å². The highest BCUT2D eigenvalue weighted by atomic mass is 32.2. The van der Waals surface area contributed by atoms with E-state index in [0.717, 1.165) is 9.90 Å². The number of nitrogens with zero attached hydrogens (tertiary/aromatic N) is 4. The number of aryl methyl sites for hydroxylation is 1. The first-order chi connectivity index (χ1) is 7.29. The van der Waals surface area contributed by atoms with Gasteiger partial charge in [-0.2, -0.15) is 5.10 Å². The summed E-state index contributed by atoms with van der Waals surface area (Å²) in [4.78, 5) is 0. The van der Waals surface area contributed by atoms with Crippen LogP contribution >= 0.6 is 23.1 Å². The van der Waals surface area contributed by atoms with E-state index in [1.54, 1.807) is 22.0 Å². The van der Waals surface area contributed by atoms with Crippen LogP contribution in [0.1, 0.15) is 10.8 Å².